The highest BCUT2D eigenvalue weighted by atomic mass is 79.9. The van der Waals surface area contributed by atoms with Gasteiger partial charge in [0.05, 0.1) is 10.6 Å². The Kier molecular flexibility index (Phi) is 4.51. The largest absolute Gasteiger partial charge is 0.388 e. The fourth-order valence-electron chi connectivity index (χ4n) is 1.50. The summed E-state index contributed by atoms with van der Waals surface area (Å²) < 4.78 is 13.6. The molecular weight excluding hydrogens is 271 g/mol. The quantitative estimate of drug-likeness (QED) is 0.871. The van der Waals surface area contributed by atoms with Gasteiger partial charge in [0.25, 0.3) is 0 Å². The highest BCUT2D eigenvalue weighted by molar-refractivity contribution is 9.10. The minimum Gasteiger partial charge on any atom is -0.388 e. The maximum absolute atomic E-state index is 13.3. The van der Waals surface area contributed by atoms with Crippen molar-refractivity contribution in [1.82, 2.24) is 0 Å². The van der Waals surface area contributed by atoms with Crippen molar-refractivity contribution in [2.24, 2.45) is 5.41 Å². The van der Waals surface area contributed by atoms with Crippen LogP contribution in [0.3, 0.4) is 0 Å². The second-order valence-electron chi connectivity index (χ2n) is 5.26. The summed E-state index contributed by atoms with van der Waals surface area (Å²) in [5, 5.41) is 9.99. The lowest BCUT2D eigenvalue weighted by Crippen LogP contribution is -2.08. The summed E-state index contributed by atoms with van der Waals surface area (Å²) in [6.45, 7) is 6.38. The SMILES string of the molecule is CC(C)(C)CCC(O)c1cccc(F)c1Br. The maximum atomic E-state index is 13.3. The van der Waals surface area contributed by atoms with Gasteiger partial charge in [0.1, 0.15) is 5.82 Å². The van der Waals surface area contributed by atoms with Crippen molar-refractivity contribution in [2.45, 2.75) is 39.7 Å². The van der Waals surface area contributed by atoms with Crippen LogP contribution < -0.4 is 0 Å². The van der Waals surface area contributed by atoms with Crippen molar-refractivity contribution in [3.05, 3.63) is 34.1 Å². The Balaban J connectivity index is 2.73. The van der Waals surface area contributed by atoms with Crippen LogP contribution in [-0.4, -0.2) is 5.11 Å². The van der Waals surface area contributed by atoms with Gasteiger partial charge in [-0.1, -0.05) is 32.9 Å². The van der Waals surface area contributed by atoms with Crippen LogP contribution in [0.25, 0.3) is 0 Å². The van der Waals surface area contributed by atoms with Crippen molar-refractivity contribution in [3.8, 4) is 0 Å². The van der Waals surface area contributed by atoms with E-state index in [4.69, 9.17) is 0 Å². The molecule has 0 saturated carbocycles. The molecule has 1 rings (SSSR count). The molecule has 0 bridgehead atoms. The van der Waals surface area contributed by atoms with Crippen molar-refractivity contribution in [2.75, 3.05) is 0 Å². The van der Waals surface area contributed by atoms with Crippen LogP contribution in [0.15, 0.2) is 22.7 Å². The van der Waals surface area contributed by atoms with Gasteiger partial charge < -0.3 is 5.11 Å². The van der Waals surface area contributed by atoms with Crippen molar-refractivity contribution < 1.29 is 9.50 Å². The molecule has 0 fully saturated rings. The summed E-state index contributed by atoms with van der Waals surface area (Å²) in [6, 6.07) is 4.75. The third kappa shape index (κ3) is 3.87. The van der Waals surface area contributed by atoms with E-state index in [2.05, 4.69) is 36.7 Å². The molecule has 0 aliphatic carbocycles. The van der Waals surface area contributed by atoms with Gasteiger partial charge in [0.15, 0.2) is 0 Å². The Hall–Kier alpha value is -0.410. The first-order valence-electron chi connectivity index (χ1n) is 5.43. The van der Waals surface area contributed by atoms with Crippen LogP contribution in [0.4, 0.5) is 4.39 Å². The molecule has 0 saturated heterocycles. The molecule has 1 nitrogen and oxygen atoms in total. The van der Waals surface area contributed by atoms with E-state index >= 15 is 0 Å². The van der Waals surface area contributed by atoms with Gasteiger partial charge in [-0.25, -0.2) is 4.39 Å². The standard InChI is InChI=1S/C13H18BrFO/c1-13(2,3)8-7-11(16)9-5-4-6-10(15)12(9)14/h4-6,11,16H,7-8H2,1-3H3. The van der Waals surface area contributed by atoms with Gasteiger partial charge in [0, 0.05) is 0 Å². The Morgan fingerprint density at radius 1 is 1.38 bits per heavy atom. The molecule has 1 atom stereocenters. The Morgan fingerprint density at radius 3 is 2.56 bits per heavy atom. The highest BCUT2D eigenvalue weighted by Gasteiger charge is 2.17. The number of hydrogen-bond donors (Lipinski definition) is 1. The molecule has 16 heavy (non-hydrogen) atoms. The van der Waals surface area contributed by atoms with E-state index in [0.29, 0.717) is 16.5 Å². The number of aliphatic hydroxyl groups excluding tert-OH is 1. The van der Waals surface area contributed by atoms with Crippen molar-refractivity contribution in [1.29, 1.82) is 0 Å². The molecule has 0 aliphatic heterocycles. The van der Waals surface area contributed by atoms with Crippen molar-refractivity contribution >= 4 is 15.9 Å². The number of hydrogen-bond acceptors (Lipinski definition) is 1. The molecule has 1 aromatic rings. The molecule has 1 N–H and O–H groups in total. The average Bonchev–Trinajstić information content (AvgIpc) is 2.17. The normalized spacial score (nSPS) is 13.9. The zero-order valence-corrected chi connectivity index (χ0v) is 11.5. The summed E-state index contributed by atoms with van der Waals surface area (Å²) in [7, 11) is 0. The fourth-order valence-corrected chi connectivity index (χ4v) is 2.03. The summed E-state index contributed by atoms with van der Waals surface area (Å²) in [5.41, 5.74) is 0.810. The summed E-state index contributed by atoms with van der Waals surface area (Å²) >= 11 is 3.17. The van der Waals surface area contributed by atoms with Crippen LogP contribution >= 0.6 is 15.9 Å². The van der Waals surface area contributed by atoms with Crippen LogP contribution in [0.1, 0.15) is 45.3 Å². The summed E-state index contributed by atoms with van der Waals surface area (Å²) in [5.74, 6) is -0.327. The molecule has 1 unspecified atom stereocenters. The number of aliphatic hydroxyl groups is 1. The predicted molar refractivity (Wildman–Crippen MR) is 67.7 cm³/mol. The predicted octanol–water partition coefficient (Wildman–Crippen LogP) is 4.45. The van der Waals surface area contributed by atoms with Crippen molar-refractivity contribution in [3.63, 3.8) is 0 Å². The van der Waals surface area contributed by atoms with E-state index in [1.54, 1.807) is 12.1 Å². The van der Waals surface area contributed by atoms with E-state index in [1.165, 1.54) is 6.07 Å². The second kappa shape index (κ2) is 5.28. The molecule has 0 spiro atoms. The van der Waals surface area contributed by atoms with Crippen LogP contribution in [0, 0.1) is 11.2 Å². The third-order valence-electron chi connectivity index (χ3n) is 2.51. The van der Waals surface area contributed by atoms with Gasteiger partial charge in [0.2, 0.25) is 0 Å². The van der Waals surface area contributed by atoms with E-state index in [0.717, 1.165) is 6.42 Å². The lowest BCUT2D eigenvalue weighted by Gasteiger charge is -2.21. The third-order valence-corrected chi connectivity index (χ3v) is 3.34. The topological polar surface area (TPSA) is 20.2 Å². The number of benzene rings is 1. The highest BCUT2D eigenvalue weighted by Crippen LogP contribution is 2.31. The van der Waals surface area contributed by atoms with Gasteiger partial charge in [-0.2, -0.15) is 0 Å². The second-order valence-corrected chi connectivity index (χ2v) is 6.05. The Labute approximate surface area is 105 Å². The molecule has 0 aliphatic rings. The molecule has 90 valence electrons. The van der Waals surface area contributed by atoms with E-state index < -0.39 is 6.10 Å². The van der Waals surface area contributed by atoms with Gasteiger partial charge in [-0.3, -0.25) is 0 Å². The lowest BCUT2D eigenvalue weighted by molar-refractivity contribution is 0.146. The Bertz CT molecular complexity index is 357. The first-order chi connectivity index (χ1) is 7.31. The smallest absolute Gasteiger partial charge is 0.137 e. The summed E-state index contributed by atoms with van der Waals surface area (Å²) in [6.07, 6.45) is 0.937. The molecular formula is C13H18BrFO. The molecule has 0 heterocycles. The number of rotatable bonds is 3. The zero-order valence-electron chi connectivity index (χ0n) is 9.93. The van der Waals surface area contributed by atoms with Gasteiger partial charge in [-0.05, 0) is 45.8 Å². The first kappa shape index (κ1) is 13.7. The van der Waals surface area contributed by atoms with Crippen LogP contribution in [0.2, 0.25) is 0 Å². The molecule has 3 heteroatoms. The molecule has 0 amide bonds. The molecule has 0 radical (unpaired) electrons. The van der Waals surface area contributed by atoms with E-state index in [9.17, 15) is 9.50 Å². The van der Waals surface area contributed by atoms with Gasteiger partial charge >= 0.3 is 0 Å². The molecule has 0 aromatic heterocycles. The van der Waals surface area contributed by atoms with Gasteiger partial charge in [-0.15, -0.1) is 0 Å². The average molecular weight is 289 g/mol. The van der Waals surface area contributed by atoms with Crippen LogP contribution in [0.5, 0.6) is 0 Å². The first-order valence-corrected chi connectivity index (χ1v) is 6.22. The maximum Gasteiger partial charge on any atom is 0.137 e. The van der Waals surface area contributed by atoms with Crippen LogP contribution in [-0.2, 0) is 0 Å². The summed E-state index contributed by atoms with van der Waals surface area (Å²) in [4.78, 5) is 0. The fraction of sp³-hybridized carbons (Fsp3) is 0.538. The molecule has 1 aromatic carbocycles. The minimum atomic E-state index is -0.607. The van der Waals surface area contributed by atoms with E-state index in [-0.39, 0.29) is 11.2 Å². The lowest BCUT2D eigenvalue weighted by atomic mass is 9.88. The Morgan fingerprint density at radius 2 is 2.00 bits per heavy atom. The monoisotopic (exact) mass is 288 g/mol. The number of halogens is 2. The van der Waals surface area contributed by atoms with E-state index in [1.807, 2.05) is 0 Å². The minimum absolute atomic E-state index is 0.181. The zero-order chi connectivity index (χ0) is 12.3.